The molecule has 0 aliphatic heterocycles. The molecule has 4 heteroatoms. The number of nitrogens with one attached hydrogen (secondary N) is 1. The predicted molar refractivity (Wildman–Crippen MR) is 80.5 cm³/mol. The van der Waals surface area contributed by atoms with Gasteiger partial charge in [-0.1, -0.05) is 25.5 Å². The van der Waals surface area contributed by atoms with E-state index in [1.807, 2.05) is 0 Å². The molecule has 3 nitrogen and oxygen atoms in total. The molecule has 1 fully saturated rings. The highest BCUT2D eigenvalue weighted by Crippen LogP contribution is 2.37. The summed E-state index contributed by atoms with van der Waals surface area (Å²) in [6.07, 6.45) is 4.79. The molecular formula is C17H23FN2O. The lowest BCUT2D eigenvalue weighted by Gasteiger charge is -2.30. The fourth-order valence-corrected chi connectivity index (χ4v) is 3.11. The van der Waals surface area contributed by atoms with E-state index in [2.05, 4.69) is 18.3 Å². The molecule has 0 aromatic heterocycles. The molecule has 0 bridgehead atoms. The second kappa shape index (κ2) is 7.42. The summed E-state index contributed by atoms with van der Waals surface area (Å²) < 4.78 is 19.0. The monoisotopic (exact) mass is 290 g/mol. The molecule has 2 rings (SSSR count). The van der Waals surface area contributed by atoms with E-state index < -0.39 is 5.54 Å². The molecule has 1 N–H and O–H groups in total. The first-order valence-electron chi connectivity index (χ1n) is 7.75. The van der Waals surface area contributed by atoms with Crippen LogP contribution in [-0.2, 0) is 0 Å². The Morgan fingerprint density at radius 1 is 1.48 bits per heavy atom. The van der Waals surface area contributed by atoms with Gasteiger partial charge in [-0.25, -0.2) is 4.39 Å². The lowest BCUT2D eigenvalue weighted by atomic mass is 9.86. The summed E-state index contributed by atoms with van der Waals surface area (Å²) in [6.45, 7) is 3.41. The number of para-hydroxylation sites is 1. The molecule has 1 saturated carbocycles. The van der Waals surface area contributed by atoms with Crippen molar-refractivity contribution in [1.29, 1.82) is 5.26 Å². The van der Waals surface area contributed by atoms with Crippen LogP contribution in [0.2, 0.25) is 0 Å². The van der Waals surface area contributed by atoms with E-state index in [0.29, 0.717) is 12.4 Å². The van der Waals surface area contributed by atoms with Gasteiger partial charge in [-0.2, -0.15) is 5.26 Å². The van der Waals surface area contributed by atoms with Crippen LogP contribution in [0.15, 0.2) is 24.3 Å². The van der Waals surface area contributed by atoms with Crippen molar-refractivity contribution in [2.24, 2.45) is 5.92 Å². The molecule has 114 valence electrons. The summed E-state index contributed by atoms with van der Waals surface area (Å²) in [5.41, 5.74) is -0.422. The Kier molecular flexibility index (Phi) is 5.58. The number of rotatable bonds is 7. The first-order valence-corrected chi connectivity index (χ1v) is 7.75. The van der Waals surface area contributed by atoms with Crippen LogP contribution >= 0.6 is 0 Å². The van der Waals surface area contributed by atoms with Gasteiger partial charge in [0.1, 0.15) is 5.54 Å². The summed E-state index contributed by atoms with van der Waals surface area (Å²) >= 11 is 0. The minimum atomic E-state index is -0.422. The van der Waals surface area contributed by atoms with Gasteiger partial charge in [0.15, 0.2) is 11.6 Å². The standard InChI is InChI=1S/C17H23FN2O/c1-2-11-20-17(13-19)10-5-6-14(17)9-12-21-16-8-4-3-7-15(16)18/h3-4,7-8,14,20H,2,5-6,9-12H2,1H3. The quantitative estimate of drug-likeness (QED) is 0.833. The number of benzene rings is 1. The third-order valence-corrected chi connectivity index (χ3v) is 4.27. The third-order valence-electron chi connectivity index (χ3n) is 4.27. The van der Waals surface area contributed by atoms with Crippen molar-refractivity contribution in [2.45, 2.75) is 44.6 Å². The van der Waals surface area contributed by atoms with Crippen LogP contribution in [-0.4, -0.2) is 18.7 Å². The van der Waals surface area contributed by atoms with Crippen LogP contribution in [0.4, 0.5) is 4.39 Å². The zero-order chi connectivity index (χ0) is 15.1. The fourth-order valence-electron chi connectivity index (χ4n) is 3.11. The molecule has 1 aliphatic rings. The molecule has 1 aliphatic carbocycles. The summed E-state index contributed by atoms with van der Waals surface area (Å²) in [4.78, 5) is 0. The van der Waals surface area contributed by atoms with E-state index >= 15 is 0 Å². The molecule has 0 radical (unpaired) electrons. The highest BCUT2D eigenvalue weighted by atomic mass is 19.1. The highest BCUT2D eigenvalue weighted by Gasteiger charge is 2.42. The van der Waals surface area contributed by atoms with Gasteiger partial charge in [-0.05, 0) is 50.3 Å². The summed E-state index contributed by atoms with van der Waals surface area (Å²) in [6, 6.07) is 8.92. The van der Waals surface area contributed by atoms with Crippen molar-refractivity contribution in [1.82, 2.24) is 5.32 Å². The first kappa shape index (κ1) is 15.8. The van der Waals surface area contributed by atoms with Crippen LogP contribution < -0.4 is 10.1 Å². The van der Waals surface area contributed by atoms with Crippen molar-refractivity contribution in [3.05, 3.63) is 30.1 Å². The van der Waals surface area contributed by atoms with Crippen LogP contribution in [0.5, 0.6) is 5.75 Å². The molecule has 0 heterocycles. The van der Waals surface area contributed by atoms with Gasteiger partial charge >= 0.3 is 0 Å². The second-order valence-electron chi connectivity index (χ2n) is 5.67. The van der Waals surface area contributed by atoms with Gasteiger partial charge in [-0.15, -0.1) is 0 Å². The van der Waals surface area contributed by atoms with Gasteiger partial charge in [-0.3, -0.25) is 5.32 Å². The fraction of sp³-hybridized carbons (Fsp3) is 0.588. The number of hydrogen-bond acceptors (Lipinski definition) is 3. The summed E-state index contributed by atoms with van der Waals surface area (Å²) in [5.74, 6) is 0.236. The molecule has 1 aromatic carbocycles. The van der Waals surface area contributed by atoms with Crippen LogP contribution in [0.1, 0.15) is 39.0 Å². The van der Waals surface area contributed by atoms with Crippen molar-refractivity contribution in [2.75, 3.05) is 13.2 Å². The summed E-state index contributed by atoms with van der Waals surface area (Å²) in [5, 5.41) is 13.0. The zero-order valence-corrected chi connectivity index (χ0v) is 12.6. The largest absolute Gasteiger partial charge is 0.491 e. The van der Waals surface area contributed by atoms with E-state index in [-0.39, 0.29) is 11.7 Å². The molecule has 0 spiro atoms. The van der Waals surface area contributed by atoms with E-state index in [1.54, 1.807) is 18.2 Å². The van der Waals surface area contributed by atoms with Crippen LogP contribution in [0.25, 0.3) is 0 Å². The average Bonchev–Trinajstić information content (AvgIpc) is 2.90. The Morgan fingerprint density at radius 3 is 3.00 bits per heavy atom. The number of ether oxygens (including phenoxy) is 1. The lowest BCUT2D eigenvalue weighted by Crippen LogP contribution is -2.47. The average molecular weight is 290 g/mol. The van der Waals surface area contributed by atoms with Crippen molar-refractivity contribution < 1.29 is 9.13 Å². The number of nitrogens with zero attached hydrogens (tertiary/aromatic N) is 1. The zero-order valence-electron chi connectivity index (χ0n) is 12.6. The predicted octanol–water partition coefficient (Wildman–Crippen LogP) is 3.66. The van der Waals surface area contributed by atoms with Crippen LogP contribution in [0, 0.1) is 23.1 Å². The van der Waals surface area contributed by atoms with Gasteiger partial charge in [0, 0.05) is 0 Å². The van der Waals surface area contributed by atoms with E-state index in [4.69, 9.17) is 4.74 Å². The van der Waals surface area contributed by atoms with E-state index in [9.17, 15) is 9.65 Å². The third kappa shape index (κ3) is 3.74. The smallest absolute Gasteiger partial charge is 0.165 e. The topological polar surface area (TPSA) is 45.0 Å². The first-order chi connectivity index (χ1) is 10.2. The van der Waals surface area contributed by atoms with Gasteiger partial charge < -0.3 is 4.74 Å². The molecular weight excluding hydrogens is 267 g/mol. The van der Waals surface area contributed by atoms with Crippen molar-refractivity contribution >= 4 is 0 Å². The Morgan fingerprint density at radius 2 is 2.29 bits per heavy atom. The minimum Gasteiger partial charge on any atom is -0.491 e. The Balaban J connectivity index is 1.90. The van der Waals surface area contributed by atoms with Gasteiger partial charge in [0.2, 0.25) is 0 Å². The Hall–Kier alpha value is -1.60. The molecule has 0 saturated heterocycles. The SMILES string of the molecule is CCCNC1(C#N)CCCC1CCOc1ccccc1F. The summed E-state index contributed by atoms with van der Waals surface area (Å²) in [7, 11) is 0. The van der Waals surface area contributed by atoms with Crippen LogP contribution in [0.3, 0.4) is 0 Å². The highest BCUT2D eigenvalue weighted by molar-refractivity contribution is 5.23. The maximum Gasteiger partial charge on any atom is 0.165 e. The van der Waals surface area contributed by atoms with Crippen molar-refractivity contribution in [3.63, 3.8) is 0 Å². The molecule has 0 amide bonds. The Bertz CT molecular complexity index is 500. The number of halogens is 1. The minimum absolute atomic E-state index is 0.279. The maximum atomic E-state index is 13.5. The van der Waals surface area contributed by atoms with E-state index in [1.165, 1.54) is 6.07 Å². The Labute approximate surface area is 126 Å². The maximum absolute atomic E-state index is 13.5. The van der Waals surface area contributed by atoms with Gasteiger partial charge in [0.25, 0.3) is 0 Å². The normalized spacial score (nSPS) is 24.7. The van der Waals surface area contributed by atoms with Crippen molar-refractivity contribution in [3.8, 4) is 11.8 Å². The van der Waals surface area contributed by atoms with Gasteiger partial charge in [0.05, 0.1) is 12.7 Å². The second-order valence-corrected chi connectivity index (χ2v) is 5.67. The molecule has 2 unspecified atom stereocenters. The lowest BCUT2D eigenvalue weighted by molar-refractivity contribution is 0.227. The molecule has 1 aromatic rings. The number of hydrogen-bond donors (Lipinski definition) is 1. The van der Waals surface area contributed by atoms with E-state index in [0.717, 1.165) is 38.6 Å². The molecule has 2 atom stereocenters. The molecule has 21 heavy (non-hydrogen) atoms. The number of nitriles is 1.